The minimum atomic E-state index is 0.318. The Morgan fingerprint density at radius 1 is 1.15 bits per heavy atom. The fourth-order valence-electron chi connectivity index (χ4n) is 3.05. The Bertz CT molecular complexity index is 437. The van der Waals surface area contributed by atoms with Crippen LogP contribution in [0.3, 0.4) is 0 Å². The zero-order chi connectivity index (χ0) is 14.8. The zero-order valence-corrected chi connectivity index (χ0v) is 13.8. The van der Waals surface area contributed by atoms with E-state index < -0.39 is 0 Å². The quantitative estimate of drug-likeness (QED) is 0.905. The third-order valence-corrected chi connectivity index (χ3v) is 4.52. The molecular weight excluding hydrogens is 244 g/mol. The summed E-state index contributed by atoms with van der Waals surface area (Å²) in [7, 11) is 0. The summed E-state index contributed by atoms with van der Waals surface area (Å²) < 4.78 is 0. The van der Waals surface area contributed by atoms with Crippen molar-refractivity contribution in [3.05, 3.63) is 34.9 Å². The summed E-state index contributed by atoms with van der Waals surface area (Å²) in [5.74, 6) is 0. The predicted molar refractivity (Wildman–Crippen MR) is 87.1 cm³/mol. The highest BCUT2D eigenvalue weighted by atomic mass is 15.2. The van der Waals surface area contributed by atoms with Crippen LogP contribution in [0.25, 0.3) is 0 Å². The highest BCUT2D eigenvalue weighted by molar-refractivity contribution is 5.30. The van der Waals surface area contributed by atoms with Gasteiger partial charge in [0.1, 0.15) is 0 Å². The molecule has 0 spiro atoms. The third-order valence-electron chi connectivity index (χ3n) is 4.52. The van der Waals surface area contributed by atoms with Crippen molar-refractivity contribution in [2.75, 3.05) is 13.1 Å². The summed E-state index contributed by atoms with van der Waals surface area (Å²) in [6, 6.07) is 7.43. The molecule has 2 rings (SSSR count). The first-order valence-electron chi connectivity index (χ1n) is 7.91. The Morgan fingerprint density at radius 3 is 2.35 bits per heavy atom. The van der Waals surface area contributed by atoms with Gasteiger partial charge in [-0.2, -0.15) is 0 Å². The monoisotopic (exact) mass is 274 g/mol. The van der Waals surface area contributed by atoms with Crippen molar-refractivity contribution in [1.29, 1.82) is 0 Å². The van der Waals surface area contributed by atoms with Crippen molar-refractivity contribution in [2.45, 2.75) is 65.6 Å². The van der Waals surface area contributed by atoms with E-state index in [1.165, 1.54) is 42.6 Å². The number of nitrogens with zero attached hydrogens (tertiary/aromatic N) is 1. The van der Waals surface area contributed by atoms with Crippen LogP contribution in [0, 0.1) is 13.8 Å². The zero-order valence-electron chi connectivity index (χ0n) is 13.8. The molecule has 1 aliphatic heterocycles. The lowest BCUT2D eigenvalue weighted by Gasteiger charge is -2.41. The normalized spacial score (nSPS) is 18.4. The van der Waals surface area contributed by atoms with E-state index >= 15 is 0 Å². The molecule has 1 saturated heterocycles. The second kappa shape index (κ2) is 6.28. The molecule has 0 bridgehead atoms. The van der Waals surface area contributed by atoms with Gasteiger partial charge < -0.3 is 5.32 Å². The molecule has 0 aromatic heterocycles. The standard InChI is InChI=1S/C18H30N2/c1-14-6-7-16(15(2)12-14)13-19-17-8-10-20(11-9-17)18(3,4)5/h6-7,12,17,19H,8-11,13H2,1-5H3. The lowest BCUT2D eigenvalue weighted by Crippen LogP contribution is -2.49. The van der Waals surface area contributed by atoms with Crippen LogP contribution in [0.4, 0.5) is 0 Å². The van der Waals surface area contributed by atoms with E-state index in [0.717, 1.165) is 6.54 Å². The topological polar surface area (TPSA) is 15.3 Å². The summed E-state index contributed by atoms with van der Waals surface area (Å²) in [6.07, 6.45) is 2.53. The molecule has 1 aliphatic rings. The second-order valence-electron chi connectivity index (χ2n) is 7.24. The largest absolute Gasteiger partial charge is 0.310 e. The van der Waals surface area contributed by atoms with E-state index in [9.17, 15) is 0 Å². The van der Waals surface area contributed by atoms with Gasteiger partial charge in [0.25, 0.3) is 0 Å². The van der Waals surface area contributed by atoms with E-state index in [4.69, 9.17) is 0 Å². The van der Waals surface area contributed by atoms with Gasteiger partial charge in [0, 0.05) is 31.2 Å². The molecule has 2 nitrogen and oxygen atoms in total. The average molecular weight is 274 g/mol. The lowest BCUT2D eigenvalue weighted by atomic mass is 9.97. The summed E-state index contributed by atoms with van der Waals surface area (Å²) in [5, 5.41) is 3.74. The maximum atomic E-state index is 3.74. The average Bonchev–Trinajstić information content (AvgIpc) is 2.37. The fraction of sp³-hybridized carbons (Fsp3) is 0.667. The Labute approximate surface area is 124 Å². The molecule has 1 N–H and O–H groups in total. The molecular formula is C18H30N2. The van der Waals surface area contributed by atoms with Crippen LogP contribution >= 0.6 is 0 Å². The highest BCUT2D eigenvalue weighted by Gasteiger charge is 2.26. The smallest absolute Gasteiger partial charge is 0.0210 e. The van der Waals surface area contributed by atoms with Crippen LogP contribution in [0.2, 0.25) is 0 Å². The first-order chi connectivity index (χ1) is 9.36. The molecule has 1 aromatic carbocycles. The molecule has 20 heavy (non-hydrogen) atoms. The van der Waals surface area contributed by atoms with Gasteiger partial charge in [-0.05, 0) is 58.6 Å². The highest BCUT2D eigenvalue weighted by Crippen LogP contribution is 2.20. The summed E-state index contributed by atoms with van der Waals surface area (Å²) in [5.41, 5.74) is 4.52. The van der Waals surface area contributed by atoms with Crippen LogP contribution in [0.15, 0.2) is 18.2 Å². The molecule has 0 atom stereocenters. The van der Waals surface area contributed by atoms with Crippen molar-refractivity contribution in [2.24, 2.45) is 0 Å². The second-order valence-corrected chi connectivity index (χ2v) is 7.24. The van der Waals surface area contributed by atoms with E-state index in [-0.39, 0.29) is 0 Å². The molecule has 0 amide bonds. The minimum Gasteiger partial charge on any atom is -0.310 e. The van der Waals surface area contributed by atoms with E-state index in [0.29, 0.717) is 11.6 Å². The van der Waals surface area contributed by atoms with Gasteiger partial charge in [0.05, 0.1) is 0 Å². The first kappa shape index (κ1) is 15.5. The summed E-state index contributed by atoms with van der Waals surface area (Å²) in [4.78, 5) is 2.60. The van der Waals surface area contributed by atoms with Crippen LogP contribution in [0.1, 0.15) is 50.3 Å². The SMILES string of the molecule is Cc1ccc(CNC2CCN(C(C)(C)C)CC2)c(C)c1. The number of hydrogen-bond acceptors (Lipinski definition) is 2. The Kier molecular flexibility index (Phi) is 4.87. The van der Waals surface area contributed by atoms with Crippen LogP contribution < -0.4 is 5.32 Å². The van der Waals surface area contributed by atoms with Gasteiger partial charge in [-0.1, -0.05) is 23.8 Å². The Morgan fingerprint density at radius 2 is 1.80 bits per heavy atom. The minimum absolute atomic E-state index is 0.318. The molecule has 1 heterocycles. The molecule has 112 valence electrons. The number of likely N-dealkylation sites (tertiary alicyclic amines) is 1. The van der Waals surface area contributed by atoms with E-state index in [1.54, 1.807) is 0 Å². The molecule has 1 fully saturated rings. The predicted octanol–water partition coefficient (Wildman–Crippen LogP) is 3.66. The van der Waals surface area contributed by atoms with Gasteiger partial charge in [-0.25, -0.2) is 0 Å². The summed E-state index contributed by atoms with van der Waals surface area (Å²) in [6.45, 7) is 14.8. The van der Waals surface area contributed by atoms with Gasteiger partial charge in [-0.15, -0.1) is 0 Å². The molecule has 0 unspecified atom stereocenters. The van der Waals surface area contributed by atoms with Crippen molar-refractivity contribution >= 4 is 0 Å². The number of rotatable bonds is 3. The number of aryl methyl sites for hydroxylation is 2. The van der Waals surface area contributed by atoms with Crippen molar-refractivity contribution in [3.8, 4) is 0 Å². The van der Waals surface area contributed by atoms with Gasteiger partial charge in [0.15, 0.2) is 0 Å². The van der Waals surface area contributed by atoms with E-state index in [1.807, 2.05) is 0 Å². The maximum Gasteiger partial charge on any atom is 0.0210 e. The molecule has 1 aromatic rings. The Balaban J connectivity index is 1.82. The van der Waals surface area contributed by atoms with Gasteiger partial charge >= 0.3 is 0 Å². The van der Waals surface area contributed by atoms with E-state index in [2.05, 4.69) is 63.0 Å². The third kappa shape index (κ3) is 4.07. The van der Waals surface area contributed by atoms with Crippen molar-refractivity contribution in [1.82, 2.24) is 10.2 Å². The number of nitrogens with one attached hydrogen (secondary N) is 1. The summed E-state index contributed by atoms with van der Waals surface area (Å²) >= 11 is 0. The number of benzene rings is 1. The Hall–Kier alpha value is -0.860. The van der Waals surface area contributed by atoms with Crippen LogP contribution in [-0.2, 0) is 6.54 Å². The van der Waals surface area contributed by atoms with Crippen molar-refractivity contribution in [3.63, 3.8) is 0 Å². The number of hydrogen-bond donors (Lipinski definition) is 1. The molecule has 2 heteroatoms. The van der Waals surface area contributed by atoms with Crippen LogP contribution in [0.5, 0.6) is 0 Å². The molecule has 0 aliphatic carbocycles. The molecule has 0 radical (unpaired) electrons. The van der Waals surface area contributed by atoms with Crippen LogP contribution in [-0.4, -0.2) is 29.6 Å². The van der Waals surface area contributed by atoms with Gasteiger partial charge in [-0.3, -0.25) is 4.90 Å². The van der Waals surface area contributed by atoms with Gasteiger partial charge in [0.2, 0.25) is 0 Å². The molecule has 0 saturated carbocycles. The first-order valence-corrected chi connectivity index (χ1v) is 7.91. The van der Waals surface area contributed by atoms with Crippen molar-refractivity contribution < 1.29 is 0 Å². The maximum absolute atomic E-state index is 3.74. The lowest BCUT2D eigenvalue weighted by molar-refractivity contribution is 0.0960. The number of piperidine rings is 1. The fourth-order valence-corrected chi connectivity index (χ4v) is 3.05.